The van der Waals surface area contributed by atoms with Crippen LogP contribution in [-0.2, 0) is 19.0 Å². The molecule has 0 fully saturated rings. The van der Waals surface area contributed by atoms with Gasteiger partial charge in [0.25, 0.3) is 0 Å². The van der Waals surface area contributed by atoms with E-state index >= 15 is 0 Å². The van der Waals surface area contributed by atoms with Crippen LogP contribution in [0.1, 0.15) is 16.8 Å². The van der Waals surface area contributed by atoms with Crippen molar-refractivity contribution in [3.05, 3.63) is 88.6 Å². The number of benzene rings is 3. The number of aromatic hydroxyl groups is 1. The molecule has 0 amide bonds. The molecule has 0 unspecified atom stereocenters. The van der Waals surface area contributed by atoms with Gasteiger partial charge in [-0.3, -0.25) is 5.10 Å². The molecule has 0 atom stereocenters. The molecular weight excluding hydrogens is 498 g/mol. The summed E-state index contributed by atoms with van der Waals surface area (Å²) in [5.74, 6) is -0.184. The lowest BCUT2D eigenvalue weighted by atomic mass is 9.97. The Morgan fingerprint density at radius 3 is 2.09 bits per heavy atom. The Bertz CT molecular complexity index is 1330. The first-order valence-corrected chi connectivity index (χ1v) is 10.3. The fraction of sp³-hybridized carbons (Fsp3) is 0.125. The van der Waals surface area contributed by atoms with Gasteiger partial charge in [-0.25, -0.2) is 0 Å². The van der Waals surface area contributed by atoms with Gasteiger partial charge in [0, 0.05) is 22.2 Å². The van der Waals surface area contributed by atoms with Crippen LogP contribution in [0, 0.1) is 0 Å². The number of hydrogen-bond acceptors (Lipinski definition) is 3. The molecule has 1 aromatic heterocycles. The van der Waals surface area contributed by atoms with E-state index in [1.165, 1.54) is 18.2 Å². The first-order chi connectivity index (χ1) is 16.4. The standard InChI is InChI=1S/C24H15ClF6N2O2/c25-16-7-1-13(2-8-16)12-35-17-9-10-18(19(34)11-17)21-20(22(33-32-21)24(29,30)31)14-3-5-15(6-4-14)23(26,27)28/h1-11,34H,12H2,(H,32,33). The monoisotopic (exact) mass is 512 g/mol. The van der Waals surface area contributed by atoms with Gasteiger partial charge in [-0.2, -0.15) is 31.4 Å². The predicted molar refractivity (Wildman–Crippen MR) is 117 cm³/mol. The SMILES string of the molecule is Oc1cc(OCc2ccc(Cl)cc2)ccc1-c1n[nH]c(C(F)(F)F)c1-c1ccc(C(F)(F)F)cc1. The second kappa shape index (κ2) is 9.18. The van der Waals surface area contributed by atoms with Crippen molar-refractivity contribution in [2.24, 2.45) is 0 Å². The Labute approximate surface area is 199 Å². The van der Waals surface area contributed by atoms with Gasteiger partial charge in [0.05, 0.1) is 5.56 Å². The van der Waals surface area contributed by atoms with Crippen molar-refractivity contribution >= 4 is 11.6 Å². The van der Waals surface area contributed by atoms with Gasteiger partial charge < -0.3 is 9.84 Å². The van der Waals surface area contributed by atoms with Crippen molar-refractivity contribution in [2.45, 2.75) is 19.0 Å². The summed E-state index contributed by atoms with van der Waals surface area (Å²) in [6.45, 7) is 0.146. The fourth-order valence-electron chi connectivity index (χ4n) is 3.40. The van der Waals surface area contributed by atoms with Crippen LogP contribution in [0.2, 0.25) is 5.02 Å². The molecule has 0 saturated heterocycles. The Hall–Kier alpha value is -3.66. The van der Waals surface area contributed by atoms with Gasteiger partial charge >= 0.3 is 12.4 Å². The van der Waals surface area contributed by atoms with E-state index in [-0.39, 0.29) is 29.2 Å². The molecule has 0 bridgehead atoms. The summed E-state index contributed by atoms with van der Waals surface area (Å²) in [5, 5.41) is 16.7. The van der Waals surface area contributed by atoms with E-state index in [1.54, 1.807) is 24.3 Å². The largest absolute Gasteiger partial charge is 0.507 e. The number of rotatable bonds is 5. The van der Waals surface area contributed by atoms with Crippen LogP contribution in [0.25, 0.3) is 22.4 Å². The highest BCUT2D eigenvalue weighted by molar-refractivity contribution is 6.30. The summed E-state index contributed by atoms with van der Waals surface area (Å²) < 4.78 is 85.2. The van der Waals surface area contributed by atoms with E-state index < -0.39 is 34.9 Å². The third-order valence-corrected chi connectivity index (χ3v) is 5.35. The van der Waals surface area contributed by atoms with E-state index in [0.29, 0.717) is 17.2 Å². The molecule has 0 spiro atoms. The highest BCUT2D eigenvalue weighted by Gasteiger charge is 2.38. The number of H-pyrrole nitrogens is 1. The Morgan fingerprint density at radius 2 is 1.51 bits per heavy atom. The van der Waals surface area contributed by atoms with E-state index in [0.717, 1.165) is 17.7 Å². The second-order valence-corrected chi connectivity index (χ2v) is 7.93. The maximum absolute atomic E-state index is 13.6. The third-order valence-electron chi connectivity index (χ3n) is 5.09. The number of aromatic amines is 1. The molecule has 35 heavy (non-hydrogen) atoms. The van der Waals surface area contributed by atoms with E-state index in [4.69, 9.17) is 16.3 Å². The van der Waals surface area contributed by atoms with Crippen LogP contribution in [0.3, 0.4) is 0 Å². The van der Waals surface area contributed by atoms with Gasteiger partial charge in [-0.05, 0) is 47.5 Å². The molecular formula is C24H15ClF6N2O2. The van der Waals surface area contributed by atoms with Gasteiger partial charge in [-0.1, -0.05) is 35.9 Å². The summed E-state index contributed by atoms with van der Waals surface area (Å²) in [6.07, 6.45) is -9.52. The summed E-state index contributed by atoms with van der Waals surface area (Å²) in [6, 6.07) is 14.0. The lowest BCUT2D eigenvalue weighted by molar-refractivity contribution is -0.141. The molecule has 0 aliphatic rings. The minimum Gasteiger partial charge on any atom is -0.507 e. The average Bonchev–Trinajstić information content (AvgIpc) is 3.24. The zero-order valence-electron chi connectivity index (χ0n) is 17.5. The third kappa shape index (κ3) is 5.37. The van der Waals surface area contributed by atoms with Gasteiger partial charge in [0.1, 0.15) is 29.5 Å². The van der Waals surface area contributed by atoms with Crippen LogP contribution in [0.4, 0.5) is 26.3 Å². The highest BCUT2D eigenvalue weighted by Crippen LogP contribution is 2.44. The van der Waals surface area contributed by atoms with Crippen molar-refractivity contribution in [2.75, 3.05) is 0 Å². The highest BCUT2D eigenvalue weighted by atomic mass is 35.5. The summed E-state index contributed by atoms with van der Waals surface area (Å²) in [5.41, 5.74) is -2.46. The zero-order valence-corrected chi connectivity index (χ0v) is 18.3. The molecule has 4 nitrogen and oxygen atoms in total. The topological polar surface area (TPSA) is 58.1 Å². The number of halogens is 7. The zero-order chi connectivity index (χ0) is 25.4. The van der Waals surface area contributed by atoms with Gasteiger partial charge in [0.15, 0.2) is 0 Å². The van der Waals surface area contributed by atoms with Crippen molar-refractivity contribution < 1.29 is 36.2 Å². The van der Waals surface area contributed by atoms with Crippen LogP contribution in [0.15, 0.2) is 66.7 Å². The second-order valence-electron chi connectivity index (χ2n) is 7.49. The molecule has 0 saturated carbocycles. The quantitative estimate of drug-likeness (QED) is 0.269. The number of alkyl halides is 6. The minimum absolute atomic E-state index is 0.0644. The van der Waals surface area contributed by atoms with Crippen LogP contribution in [-0.4, -0.2) is 15.3 Å². The van der Waals surface area contributed by atoms with Gasteiger partial charge in [-0.15, -0.1) is 0 Å². The minimum atomic E-state index is -4.87. The van der Waals surface area contributed by atoms with Crippen molar-refractivity contribution in [1.82, 2.24) is 10.2 Å². The molecule has 2 N–H and O–H groups in total. The Morgan fingerprint density at radius 1 is 0.857 bits per heavy atom. The van der Waals surface area contributed by atoms with Gasteiger partial charge in [0.2, 0.25) is 0 Å². The van der Waals surface area contributed by atoms with Crippen LogP contribution < -0.4 is 4.74 Å². The Balaban J connectivity index is 1.69. The summed E-state index contributed by atoms with van der Waals surface area (Å²) in [7, 11) is 0. The first-order valence-electron chi connectivity index (χ1n) is 9.97. The first kappa shape index (κ1) is 24.5. The molecule has 0 radical (unpaired) electrons. The number of nitrogens with one attached hydrogen (secondary N) is 1. The molecule has 11 heteroatoms. The molecule has 4 rings (SSSR count). The van der Waals surface area contributed by atoms with Crippen molar-refractivity contribution in [3.8, 4) is 33.9 Å². The predicted octanol–water partition coefficient (Wildman–Crippen LogP) is 7.72. The fourth-order valence-corrected chi connectivity index (χ4v) is 3.52. The molecule has 4 aromatic rings. The van der Waals surface area contributed by atoms with Crippen molar-refractivity contribution in [3.63, 3.8) is 0 Å². The average molecular weight is 513 g/mol. The summed E-state index contributed by atoms with van der Waals surface area (Å²) in [4.78, 5) is 0. The molecule has 0 aliphatic heterocycles. The van der Waals surface area contributed by atoms with E-state index in [2.05, 4.69) is 5.10 Å². The normalized spacial score (nSPS) is 12.1. The molecule has 3 aromatic carbocycles. The summed E-state index contributed by atoms with van der Waals surface area (Å²) >= 11 is 5.84. The maximum Gasteiger partial charge on any atom is 0.433 e. The lowest BCUT2D eigenvalue weighted by Crippen LogP contribution is -2.08. The molecule has 1 heterocycles. The number of nitrogens with zero attached hydrogens (tertiary/aromatic N) is 1. The van der Waals surface area contributed by atoms with E-state index in [9.17, 15) is 31.4 Å². The Kier molecular flexibility index (Phi) is 6.42. The lowest BCUT2D eigenvalue weighted by Gasteiger charge is -2.12. The van der Waals surface area contributed by atoms with E-state index in [1.807, 2.05) is 5.10 Å². The van der Waals surface area contributed by atoms with Crippen molar-refractivity contribution in [1.29, 1.82) is 0 Å². The van der Waals surface area contributed by atoms with Crippen LogP contribution >= 0.6 is 11.6 Å². The number of phenolic OH excluding ortho intramolecular Hbond substituents is 1. The van der Waals surface area contributed by atoms with Crippen LogP contribution in [0.5, 0.6) is 11.5 Å². The molecule has 182 valence electrons. The smallest absolute Gasteiger partial charge is 0.433 e. The number of phenols is 1. The molecule has 0 aliphatic carbocycles. The maximum atomic E-state index is 13.6. The number of hydrogen-bond donors (Lipinski definition) is 2. The number of ether oxygens (including phenoxy) is 1. The number of aromatic nitrogens is 2.